The van der Waals surface area contributed by atoms with Gasteiger partial charge in [0.2, 0.25) is 5.91 Å². The van der Waals surface area contributed by atoms with Crippen LogP contribution in [-0.4, -0.2) is 29.5 Å². The molecule has 0 aliphatic rings. The Balaban J connectivity index is 1.93. The molecule has 6 heteroatoms. The number of hydrogen-bond donors (Lipinski definition) is 1. The Morgan fingerprint density at radius 3 is 2.27 bits per heavy atom. The van der Waals surface area contributed by atoms with Crippen LogP contribution in [-0.2, 0) is 16.1 Å². The molecule has 0 saturated heterocycles. The Labute approximate surface area is 154 Å². The van der Waals surface area contributed by atoms with E-state index in [4.69, 9.17) is 4.74 Å². The van der Waals surface area contributed by atoms with E-state index in [-0.39, 0.29) is 11.6 Å². The second-order valence-corrected chi connectivity index (χ2v) is 7.03. The lowest BCUT2D eigenvalue weighted by atomic mass is 10.2. The molecule has 0 aliphatic heterocycles. The van der Waals surface area contributed by atoms with Crippen molar-refractivity contribution >= 4 is 23.3 Å². The molecule has 2 rings (SSSR count). The normalized spacial score (nSPS) is 11.0. The van der Waals surface area contributed by atoms with Gasteiger partial charge in [0.25, 0.3) is 0 Å². The standard InChI is InChI=1S/C20H25N3O3/c1-14(24)23(5)17-9-6-15(7-10-17)12-21-16-8-11-18(22-13-16)19(25)26-20(2,3)4/h6-11,13,21H,12H2,1-5H3. The highest BCUT2D eigenvalue weighted by molar-refractivity contribution is 5.90. The van der Waals surface area contributed by atoms with E-state index in [2.05, 4.69) is 10.3 Å². The maximum absolute atomic E-state index is 12.0. The van der Waals surface area contributed by atoms with Gasteiger partial charge in [-0.25, -0.2) is 9.78 Å². The van der Waals surface area contributed by atoms with Crippen molar-refractivity contribution < 1.29 is 14.3 Å². The van der Waals surface area contributed by atoms with Crippen LogP contribution in [0.4, 0.5) is 11.4 Å². The van der Waals surface area contributed by atoms with Crippen molar-refractivity contribution in [2.75, 3.05) is 17.3 Å². The Kier molecular flexibility index (Phi) is 5.97. The molecule has 0 unspecified atom stereocenters. The number of hydrogen-bond acceptors (Lipinski definition) is 5. The van der Waals surface area contributed by atoms with Gasteiger partial charge < -0.3 is 15.0 Å². The fourth-order valence-corrected chi connectivity index (χ4v) is 2.17. The maximum Gasteiger partial charge on any atom is 0.357 e. The van der Waals surface area contributed by atoms with Gasteiger partial charge in [0, 0.05) is 26.2 Å². The van der Waals surface area contributed by atoms with Crippen LogP contribution in [0.5, 0.6) is 0 Å². The van der Waals surface area contributed by atoms with Crippen LogP contribution in [0.3, 0.4) is 0 Å². The lowest BCUT2D eigenvalue weighted by molar-refractivity contribution is -0.116. The average molecular weight is 355 g/mol. The third kappa shape index (κ3) is 5.58. The van der Waals surface area contributed by atoms with Crippen molar-refractivity contribution in [1.82, 2.24) is 4.98 Å². The zero-order valence-electron chi connectivity index (χ0n) is 15.9. The maximum atomic E-state index is 12.0. The molecule has 6 nitrogen and oxygen atoms in total. The van der Waals surface area contributed by atoms with Crippen LogP contribution < -0.4 is 10.2 Å². The highest BCUT2D eigenvalue weighted by Gasteiger charge is 2.18. The molecule has 2 aromatic rings. The van der Waals surface area contributed by atoms with Gasteiger partial charge in [-0.2, -0.15) is 0 Å². The number of benzene rings is 1. The Bertz CT molecular complexity index is 762. The second-order valence-electron chi connectivity index (χ2n) is 7.03. The van der Waals surface area contributed by atoms with Gasteiger partial charge in [-0.15, -0.1) is 0 Å². The summed E-state index contributed by atoms with van der Waals surface area (Å²) in [4.78, 5) is 29.1. The van der Waals surface area contributed by atoms with E-state index >= 15 is 0 Å². The fourth-order valence-electron chi connectivity index (χ4n) is 2.17. The summed E-state index contributed by atoms with van der Waals surface area (Å²) in [6, 6.07) is 11.2. The SMILES string of the molecule is CC(=O)N(C)c1ccc(CNc2ccc(C(=O)OC(C)(C)C)nc2)cc1. The van der Waals surface area contributed by atoms with Crippen molar-refractivity contribution in [3.8, 4) is 0 Å². The van der Waals surface area contributed by atoms with Crippen LogP contribution in [0.2, 0.25) is 0 Å². The van der Waals surface area contributed by atoms with E-state index in [0.29, 0.717) is 6.54 Å². The molecular weight excluding hydrogens is 330 g/mol. The minimum Gasteiger partial charge on any atom is -0.455 e. The average Bonchev–Trinajstić information content (AvgIpc) is 2.58. The largest absolute Gasteiger partial charge is 0.455 e. The number of nitrogens with one attached hydrogen (secondary N) is 1. The summed E-state index contributed by atoms with van der Waals surface area (Å²) in [7, 11) is 1.74. The number of carbonyl (C=O) groups excluding carboxylic acids is 2. The molecule has 1 amide bonds. The van der Waals surface area contributed by atoms with Gasteiger partial charge in [0.05, 0.1) is 11.9 Å². The first kappa shape index (κ1) is 19.4. The number of nitrogens with zero attached hydrogens (tertiary/aromatic N) is 2. The summed E-state index contributed by atoms with van der Waals surface area (Å²) in [6.07, 6.45) is 1.61. The molecule has 0 saturated carbocycles. The summed E-state index contributed by atoms with van der Waals surface area (Å²) >= 11 is 0. The molecule has 26 heavy (non-hydrogen) atoms. The van der Waals surface area contributed by atoms with Crippen molar-refractivity contribution in [3.63, 3.8) is 0 Å². The highest BCUT2D eigenvalue weighted by Crippen LogP contribution is 2.16. The van der Waals surface area contributed by atoms with Crippen molar-refractivity contribution in [1.29, 1.82) is 0 Å². The van der Waals surface area contributed by atoms with Gasteiger partial charge in [0.1, 0.15) is 11.3 Å². The van der Waals surface area contributed by atoms with E-state index in [1.165, 1.54) is 6.92 Å². The number of esters is 1. The van der Waals surface area contributed by atoms with Gasteiger partial charge in [-0.1, -0.05) is 12.1 Å². The van der Waals surface area contributed by atoms with Crippen LogP contribution in [0.15, 0.2) is 42.6 Å². The zero-order valence-corrected chi connectivity index (χ0v) is 15.9. The summed E-state index contributed by atoms with van der Waals surface area (Å²) < 4.78 is 5.29. The monoisotopic (exact) mass is 355 g/mol. The molecule has 0 aliphatic carbocycles. The number of anilines is 2. The summed E-state index contributed by atoms with van der Waals surface area (Å²) in [6.45, 7) is 7.60. The number of ether oxygens (including phenoxy) is 1. The molecule has 138 valence electrons. The smallest absolute Gasteiger partial charge is 0.357 e. The minimum absolute atomic E-state index is 0.00738. The first-order valence-corrected chi connectivity index (χ1v) is 8.42. The van der Waals surface area contributed by atoms with Crippen LogP contribution in [0.25, 0.3) is 0 Å². The van der Waals surface area contributed by atoms with E-state index < -0.39 is 11.6 Å². The number of pyridine rings is 1. The summed E-state index contributed by atoms with van der Waals surface area (Å²) in [5.41, 5.74) is 2.47. The number of aromatic nitrogens is 1. The van der Waals surface area contributed by atoms with Gasteiger partial charge in [0.15, 0.2) is 0 Å². The third-order valence-electron chi connectivity index (χ3n) is 3.66. The predicted octanol–water partition coefficient (Wildman–Crippen LogP) is 3.63. The van der Waals surface area contributed by atoms with E-state index in [1.807, 2.05) is 45.0 Å². The first-order chi connectivity index (χ1) is 12.2. The van der Waals surface area contributed by atoms with Gasteiger partial charge in [-0.3, -0.25) is 4.79 Å². The zero-order chi connectivity index (χ0) is 19.3. The first-order valence-electron chi connectivity index (χ1n) is 8.42. The molecule has 0 atom stereocenters. The summed E-state index contributed by atoms with van der Waals surface area (Å²) in [5.74, 6) is -0.443. The number of amides is 1. The quantitative estimate of drug-likeness (QED) is 0.829. The van der Waals surface area contributed by atoms with Gasteiger partial charge >= 0.3 is 5.97 Å². The van der Waals surface area contributed by atoms with E-state index in [1.54, 1.807) is 30.3 Å². The Hall–Kier alpha value is -2.89. The molecule has 1 heterocycles. The van der Waals surface area contributed by atoms with Gasteiger partial charge in [-0.05, 0) is 50.6 Å². The van der Waals surface area contributed by atoms with E-state index in [9.17, 15) is 9.59 Å². The third-order valence-corrected chi connectivity index (χ3v) is 3.66. The van der Waals surface area contributed by atoms with Crippen LogP contribution in [0, 0.1) is 0 Å². The fraction of sp³-hybridized carbons (Fsp3) is 0.350. The second kappa shape index (κ2) is 7.99. The Morgan fingerprint density at radius 2 is 1.77 bits per heavy atom. The molecule has 0 radical (unpaired) electrons. The molecule has 1 aromatic heterocycles. The molecule has 0 spiro atoms. The molecule has 1 N–H and O–H groups in total. The number of rotatable bonds is 5. The molecule has 0 fully saturated rings. The number of carbonyl (C=O) groups is 2. The van der Waals surface area contributed by atoms with E-state index in [0.717, 1.165) is 16.9 Å². The van der Waals surface area contributed by atoms with Crippen LogP contribution in [0.1, 0.15) is 43.7 Å². The van der Waals surface area contributed by atoms with Crippen LogP contribution >= 0.6 is 0 Å². The lowest BCUT2D eigenvalue weighted by Gasteiger charge is -2.19. The summed E-state index contributed by atoms with van der Waals surface area (Å²) in [5, 5.41) is 3.25. The highest BCUT2D eigenvalue weighted by atomic mass is 16.6. The molecular formula is C20H25N3O3. The van der Waals surface area contributed by atoms with Crippen molar-refractivity contribution in [2.45, 2.75) is 39.8 Å². The minimum atomic E-state index is -0.543. The molecule has 1 aromatic carbocycles. The van der Waals surface area contributed by atoms with Crippen molar-refractivity contribution in [3.05, 3.63) is 53.9 Å². The van der Waals surface area contributed by atoms with Crippen molar-refractivity contribution in [2.24, 2.45) is 0 Å². The molecule has 0 bridgehead atoms. The lowest BCUT2D eigenvalue weighted by Crippen LogP contribution is -2.24. The topological polar surface area (TPSA) is 71.5 Å². The Morgan fingerprint density at radius 1 is 1.12 bits per heavy atom. The predicted molar refractivity (Wildman–Crippen MR) is 102 cm³/mol.